The lowest BCUT2D eigenvalue weighted by Gasteiger charge is -2.35. The van der Waals surface area contributed by atoms with Crippen LogP contribution in [0.15, 0.2) is 9.70 Å². The summed E-state index contributed by atoms with van der Waals surface area (Å²) < 4.78 is 7.51. The van der Waals surface area contributed by atoms with E-state index in [9.17, 15) is 19.6 Å². The lowest BCUT2D eigenvalue weighted by Crippen LogP contribution is -2.41. The normalized spacial score (nSPS) is 20.0. The van der Waals surface area contributed by atoms with E-state index in [1.54, 1.807) is 23.3 Å². The number of carbonyl (C=O) groups is 2. The minimum atomic E-state index is -0.309. The summed E-state index contributed by atoms with van der Waals surface area (Å²) in [5, 5.41) is 9.91. The number of unbranched alkanes of at least 4 members (excludes halogenated alkanes) is 1. The number of hydrogen-bond acceptors (Lipinski definition) is 8. The monoisotopic (exact) mass is 556 g/mol. The Morgan fingerprint density at radius 1 is 1.18 bits per heavy atom. The molecule has 1 saturated carbocycles. The van der Waals surface area contributed by atoms with Crippen LogP contribution in [0.4, 0.5) is 5.82 Å². The maximum atomic E-state index is 13.5. The van der Waals surface area contributed by atoms with Crippen LogP contribution < -0.4 is 10.5 Å². The maximum absolute atomic E-state index is 13.5. The number of thioether (sulfide) groups is 1. The summed E-state index contributed by atoms with van der Waals surface area (Å²) in [6, 6.07) is 2.26. The van der Waals surface area contributed by atoms with Gasteiger partial charge in [-0.1, -0.05) is 50.2 Å². The fraction of sp³-hybridized carbons (Fsp3) is 0.607. The minimum Gasteiger partial charge on any atom is -0.466 e. The van der Waals surface area contributed by atoms with Crippen molar-refractivity contribution in [2.45, 2.75) is 84.7 Å². The SMILES string of the molecule is CCCCn1c(N2CCC(C(=O)OCC)CC2)c(C=C2SC(=S)N(C3CCCC3)C2=O)c(C)c(C#N)c1=O. The van der Waals surface area contributed by atoms with Crippen LogP contribution in [0.1, 0.15) is 81.9 Å². The fourth-order valence-corrected chi connectivity index (χ4v) is 7.07. The van der Waals surface area contributed by atoms with Gasteiger partial charge in [0.05, 0.1) is 17.4 Å². The number of anilines is 1. The molecule has 0 radical (unpaired) electrons. The predicted molar refractivity (Wildman–Crippen MR) is 154 cm³/mol. The first-order valence-corrected chi connectivity index (χ1v) is 14.9. The van der Waals surface area contributed by atoms with Gasteiger partial charge in [-0.05, 0) is 57.6 Å². The molecule has 0 N–H and O–H groups in total. The largest absolute Gasteiger partial charge is 0.466 e. The molecule has 0 bridgehead atoms. The van der Waals surface area contributed by atoms with E-state index < -0.39 is 0 Å². The second-order valence-corrected chi connectivity index (χ2v) is 11.8. The van der Waals surface area contributed by atoms with Gasteiger partial charge in [0.1, 0.15) is 21.8 Å². The highest BCUT2D eigenvalue weighted by molar-refractivity contribution is 8.26. The summed E-state index contributed by atoms with van der Waals surface area (Å²) in [6.07, 6.45) is 8.84. The number of amides is 1. The van der Waals surface area contributed by atoms with Gasteiger partial charge in [-0.2, -0.15) is 5.26 Å². The number of nitriles is 1. The number of thiocarbonyl (C=S) groups is 1. The van der Waals surface area contributed by atoms with Gasteiger partial charge in [0.25, 0.3) is 11.5 Å². The Bertz CT molecular complexity index is 1230. The van der Waals surface area contributed by atoms with E-state index in [-0.39, 0.29) is 35.0 Å². The maximum Gasteiger partial charge on any atom is 0.309 e. The molecule has 3 heterocycles. The Morgan fingerprint density at radius 2 is 1.87 bits per heavy atom. The number of carbonyl (C=O) groups excluding carboxylic acids is 2. The van der Waals surface area contributed by atoms with Crippen molar-refractivity contribution in [3.05, 3.63) is 31.9 Å². The standard InChI is InChI=1S/C28H36N4O4S2/c1-4-6-13-31-24(30-14-11-19(12-15-30)27(35)36-5-2)21(18(3)22(17-29)25(31)33)16-23-26(34)32(28(37)38-23)20-9-7-8-10-20/h16,19-20H,4-15H2,1-3H3. The van der Waals surface area contributed by atoms with E-state index in [2.05, 4.69) is 17.9 Å². The van der Waals surface area contributed by atoms with Gasteiger partial charge in [0, 0.05) is 31.2 Å². The summed E-state index contributed by atoms with van der Waals surface area (Å²) in [5.41, 5.74) is 1.07. The molecular weight excluding hydrogens is 520 g/mol. The molecule has 2 saturated heterocycles. The summed E-state index contributed by atoms with van der Waals surface area (Å²) in [4.78, 5) is 43.8. The third-order valence-corrected chi connectivity index (χ3v) is 9.12. The molecule has 1 aromatic heterocycles. The van der Waals surface area contributed by atoms with Crippen LogP contribution in [0.5, 0.6) is 0 Å². The Kier molecular flexibility index (Phi) is 9.32. The molecule has 0 spiro atoms. The Hall–Kier alpha value is -2.64. The van der Waals surface area contributed by atoms with Crippen molar-refractivity contribution in [1.82, 2.24) is 9.47 Å². The first kappa shape index (κ1) is 28.4. The van der Waals surface area contributed by atoms with E-state index in [1.165, 1.54) is 11.8 Å². The van der Waals surface area contributed by atoms with Gasteiger partial charge in [0.15, 0.2) is 0 Å². The lowest BCUT2D eigenvalue weighted by molar-refractivity contribution is -0.148. The van der Waals surface area contributed by atoms with Crippen molar-refractivity contribution < 1.29 is 14.3 Å². The van der Waals surface area contributed by atoms with Crippen molar-refractivity contribution in [3.63, 3.8) is 0 Å². The second-order valence-electron chi connectivity index (χ2n) is 10.2. The molecule has 3 fully saturated rings. The average molecular weight is 557 g/mol. The van der Waals surface area contributed by atoms with Gasteiger partial charge >= 0.3 is 5.97 Å². The molecule has 1 aromatic rings. The number of aromatic nitrogens is 1. The summed E-state index contributed by atoms with van der Waals surface area (Å²) in [5.74, 6) is 0.270. The number of pyridine rings is 1. The smallest absolute Gasteiger partial charge is 0.309 e. The molecule has 0 aromatic carbocycles. The minimum absolute atomic E-state index is 0.0944. The van der Waals surface area contributed by atoms with Crippen LogP contribution in [0.25, 0.3) is 6.08 Å². The zero-order valence-electron chi connectivity index (χ0n) is 22.5. The molecule has 38 heavy (non-hydrogen) atoms. The van der Waals surface area contributed by atoms with Crippen LogP contribution >= 0.6 is 24.0 Å². The highest BCUT2D eigenvalue weighted by atomic mass is 32.2. The number of esters is 1. The average Bonchev–Trinajstić information content (AvgIpc) is 3.52. The molecule has 0 unspecified atom stereocenters. The molecule has 1 amide bonds. The Morgan fingerprint density at radius 3 is 2.47 bits per heavy atom. The van der Waals surface area contributed by atoms with Gasteiger partial charge in [-0.3, -0.25) is 23.9 Å². The summed E-state index contributed by atoms with van der Waals surface area (Å²) in [6.45, 7) is 7.62. The number of hydrogen-bond donors (Lipinski definition) is 0. The summed E-state index contributed by atoms with van der Waals surface area (Å²) in [7, 11) is 0. The Labute approximate surface area is 234 Å². The van der Waals surface area contributed by atoms with E-state index >= 15 is 0 Å². The van der Waals surface area contributed by atoms with Crippen LogP contribution in [-0.2, 0) is 20.9 Å². The zero-order chi connectivity index (χ0) is 27.4. The predicted octanol–water partition coefficient (Wildman–Crippen LogP) is 4.75. The first-order chi connectivity index (χ1) is 18.3. The molecule has 1 aliphatic carbocycles. The van der Waals surface area contributed by atoms with E-state index in [4.69, 9.17) is 17.0 Å². The molecule has 204 valence electrons. The van der Waals surface area contributed by atoms with Gasteiger partial charge < -0.3 is 9.64 Å². The van der Waals surface area contributed by atoms with Crippen LogP contribution in [-0.4, -0.2) is 51.4 Å². The number of rotatable bonds is 8. The van der Waals surface area contributed by atoms with E-state index in [1.807, 2.05) is 6.08 Å². The summed E-state index contributed by atoms with van der Waals surface area (Å²) >= 11 is 6.91. The molecule has 0 atom stereocenters. The van der Waals surface area contributed by atoms with Gasteiger partial charge in [-0.25, -0.2) is 0 Å². The van der Waals surface area contributed by atoms with Gasteiger partial charge in [-0.15, -0.1) is 0 Å². The van der Waals surface area contributed by atoms with Crippen molar-refractivity contribution >= 4 is 52.1 Å². The quantitative estimate of drug-likeness (QED) is 0.257. The van der Waals surface area contributed by atoms with Crippen LogP contribution in [0.3, 0.4) is 0 Å². The third kappa shape index (κ3) is 5.55. The van der Waals surface area contributed by atoms with Crippen molar-refractivity contribution in [3.8, 4) is 6.07 Å². The highest BCUT2D eigenvalue weighted by Gasteiger charge is 2.39. The molecule has 8 nitrogen and oxygen atoms in total. The number of ether oxygens (including phenoxy) is 1. The van der Waals surface area contributed by atoms with E-state index in [0.717, 1.165) is 38.5 Å². The highest BCUT2D eigenvalue weighted by Crippen LogP contribution is 2.40. The molecule has 2 aliphatic heterocycles. The second kappa shape index (κ2) is 12.5. The molecule has 10 heteroatoms. The number of piperidine rings is 1. The van der Waals surface area contributed by atoms with Crippen molar-refractivity contribution in [1.29, 1.82) is 5.26 Å². The topological polar surface area (TPSA) is 95.6 Å². The number of nitrogens with zero attached hydrogens (tertiary/aromatic N) is 4. The van der Waals surface area contributed by atoms with E-state index in [0.29, 0.717) is 65.3 Å². The lowest BCUT2D eigenvalue weighted by atomic mass is 9.95. The zero-order valence-corrected chi connectivity index (χ0v) is 24.1. The van der Waals surface area contributed by atoms with Crippen molar-refractivity contribution in [2.24, 2.45) is 5.92 Å². The molecular formula is C28H36N4O4S2. The Balaban J connectivity index is 1.78. The van der Waals surface area contributed by atoms with Crippen LogP contribution in [0.2, 0.25) is 0 Å². The molecule has 4 rings (SSSR count). The van der Waals surface area contributed by atoms with Crippen molar-refractivity contribution in [2.75, 3.05) is 24.6 Å². The van der Waals surface area contributed by atoms with Gasteiger partial charge in [0.2, 0.25) is 0 Å². The fourth-order valence-electron chi connectivity index (χ4n) is 5.68. The molecule has 3 aliphatic rings. The van der Waals surface area contributed by atoms with Crippen LogP contribution in [0, 0.1) is 24.2 Å². The first-order valence-electron chi connectivity index (χ1n) is 13.7. The third-order valence-electron chi connectivity index (χ3n) is 7.78.